The van der Waals surface area contributed by atoms with Gasteiger partial charge in [0.25, 0.3) is 5.91 Å². The molecule has 0 heterocycles. The maximum absolute atomic E-state index is 12.7. The molecule has 3 aromatic carbocycles. The lowest BCUT2D eigenvalue weighted by atomic mass is 10.1. The van der Waals surface area contributed by atoms with E-state index < -0.39 is 5.91 Å². The maximum Gasteiger partial charge on any atom is 0.266 e. The van der Waals surface area contributed by atoms with Crippen LogP contribution in [0, 0.1) is 11.3 Å². The van der Waals surface area contributed by atoms with Gasteiger partial charge in [-0.3, -0.25) is 4.79 Å². The fourth-order valence-electron chi connectivity index (χ4n) is 2.75. The van der Waals surface area contributed by atoms with Crippen molar-refractivity contribution in [1.29, 1.82) is 5.26 Å². The van der Waals surface area contributed by atoms with Gasteiger partial charge in [0.1, 0.15) is 17.4 Å². The zero-order chi connectivity index (χ0) is 19.2. The molecule has 0 aliphatic carbocycles. The van der Waals surface area contributed by atoms with Crippen molar-refractivity contribution in [1.82, 2.24) is 0 Å². The first-order valence-corrected chi connectivity index (χ1v) is 9.25. The van der Waals surface area contributed by atoms with E-state index in [4.69, 9.17) is 4.74 Å². The molecular formula is C22H17BrN2O2. The van der Waals surface area contributed by atoms with Crippen LogP contribution in [-0.4, -0.2) is 12.5 Å². The smallest absolute Gasteiger partial charge is 0.266 e. The maximum atomic E-state index is 12.7. The van der Waals surface area contributed by atoms with Crippen LogP contribution in [0.15, 0.2) is 70.7 Å². The van der Waals surface area contributed by atoms with E-state index in [1.165, 1.54) is 6.08 Å². The number of rotatable bonds is 5. The Morgan fingerprint density at radius 3 is 2.74 bits per heavy atom. The van der Waals surface area contributed by atoms with Gasteiger partial charge in [0.15, 0.2) is 0 Å². The van der Waals surface area contributed by atoms with Gasteiger partial charge < -0.3 is 10.1 Å². The third kappa shape index (κ3) is 4.36. The highest BCUT2D eigenvalue weighted by Crippen LogP contribution is 2.27. The topological polar surface area (TPSA) is 62.1 Å². The van der Waals surface area contributed by atoms with Gasteiger partial charge in [-0.05, 0) is 42.7 Å². The number of hydrogen-bond donors (Lipinski definition) is 1. The highest BCUT2D eigenvalue weighted by atomic mass is 79.9. The summed E-state index contributed by atoms with van der Waals surface area (Å²) in [6.45, 7) is 2.38. The molecule has 0 aliphatic rings. The van der Waals surface area contributed by atoms with E-state index in [0.29, 0.717) is 23.6 Å². The van der Waals surface area contributed by atoms with Crippen LogP contribution < -0.4 is 10.1 Å². The highest BCUT2D eigenvalue weighted by molar-refractivity contribution is 9.10. The molecule has 0 unspecified atom stereocenters. The molecule has 0 spiro atoms. The van der Waals surface area contributed by atoms with Crippen molar-refractivity contribution in [2.45, 2.75) is 6.92 Å². The number of halogens is 1. The number of nitrogens with zero attached hydrogens (tertiary/aromatic N) is 1. The number of carbonyl (C=O) groups excluding carboxylic acids is 1. The second-order valence-corrected chi connectivity index (χ2v) is 6.68. The Kier molecular flexibility index (Phi) is 5.90. The minimum atomic E-state index is -0.462. The zero-order valence-corrected chi connectivity index (χ0v) is 16.3. The van der Waals surface area contributed by atoms with Crippen LogP contribution in [-0.2, 0) is 4.79 Å². The lowest BCUT2D eigenvalue weighted by molar-refractivity contribution is -0.112. The first kappa shape index (κ1) is 18.7. The van der Waals surface area contributed by atoms with Gasteiger partial charge in [-0.1, -0.05) is 52.3 Å². The van der Waals surface area contributed by atoms with Gasteiger partial charge in [-0.25, -0.2) is 0 Å². The summed E-state index contributed by atoms with van der Waals surface area (Å²) in [6.07, 6.45) is 1.54. The van der Waals surface area contributed by atoms with Crippen LogP contribution in [0.1, 0.15) is 12.5 Å². The number of nitrogens with one attached hydrogen (secondary N) is 1. The number of anilines is 1. The summed E-state index contributed by atoms with van der Waals surface area (Å²) in [5.41, 5.74) is 1.33. The van der Waals surface area contributed by atoms with Gasteiger partial charge in [-0.2, -0.15) is 5.26 Å². The summed E-state index contributed by atoms with van der Waals surface area (Å²) in [5.74, 6) is 0.155. The molecule has 0 aromatic heterocycles. The number of hydrogen-bond acceptors (Lipinski definition) is 3. The van der Waals surface area contributed by atoms with E-state index in [1.54, 1.807) is 6.07 Å². The zero-order valence-electron chi connectivity index (χ0n) is 14.7. The molecule has 1 N–H and O–H groups in total. The molecule has 0 atom stereocenters. The summed E-state index contributed by atoms with van der Waals surface area (Å²) >= 11 is 3.41. The average Bonchev–Trinajstić information content (AvgIpc) is 2.68. The summed E-state index contributed by atoms with van der Waals surface area (Å²) in [5, 5.41) is 14.3. The van der Waals surface area contributed by atoms with Gasteiger partial charge in [-0.15, -0.1) is 0 Å². The summed E-state index contributed by atoms with van der Waals surface area (Å²) in [6, 6.07) is 20.9. The third-order valence-electron chi connectivity index (χ3n) is 3.97. The van der Waals surface area contributed by atoms with Crippen LogP contribution in [0.4, 0.5) is 5.69 Å². The van der Waals surface area contributed by atoms with Crippen molar-refractivity contribution < 1.29 is 9.53 Å². The molecule has 3 aromatic rings. The summed E-state index contributed by atoms with van der Waals surface area (Å²) in [7, 11) is 0. The Morgan fingerprint density at radius 1 is 1.19 bits per heavy atom. The molecule has 0 bridgehead atoms. The molecule has 5 heteroatoms. The third-order valence-corrected chi connectivity index (χ3v) is 4.47. The van der Waals surface area contributed by atoms with E-state index in [-0.39, 0.29) is 5.57 Å². The van der Waals surface area contributed by atoms with Crippen molar-refractivity contribution in [3.05, 3.63) is 76.3 Å². The Hall–Kier alpha value is -3.10. The number of nitriles is 1. The van der Waals surface area contributed by atoms with E-state index >= 15 is 0 Å². The standard InChI is InChI=1S/C22H17BrN2O2/c1-2-27-21-11-10-18(23)13-16(21)12-17(14-24)22(26)25-20-9-5-7-15-6-3-4-8-19(15)20/h3-13H,2H2,1H3,(H,25,26)/b17-12+. The molecule has 3 rings (SSSR count). The van der Waals surface area contributed by atoms with Crippen LogP contribution in [0.25, 0.3) is 16.8 Å². The number of ether oxygens (including phenoxy) is 1. The quantitative estimate of drug-likeness (QED) is 0.434. The molecule has 134 valence electrons. The molecule has 0 saturated heterocycles. The van der Waals surface area contributed by atoms with Crippen LogP contribution in [0.3, 0.4) is 0 Å². The predicted molar refractivity (Wildman–Crippen MR) is 111 cm³/mol. The molecule has 0 saturated carbocycles. The lowest BCUT2D eigenvalue weighted by Crippen LogP contribution is -2.13. The van der Waals surface area contributed by atoms with E-state index in [0.717, 1.165) is 15.2 Å². The van der Waals surface area contributed by atoms with Crippen molar-refractivity contribution in [2.24, 2.45) is 0 Å². The Bertz CT molecular complexity index is 1060. The van der Waals surface area contributed by atoms with Crippen molar-refractivity contribution in [3.63, 3.8) is 0 Å². The van der Waals surface area contributed by atoms with Crippen LogP contribution in [0.2, 0.25) is 0 Å². The minimum absolute atomic E-state index is 0.00184. The molecule has 0 aliphatic heterocycles. The first-order chi connectivity index (χ1) is 13.1. The van der Waals surface area contributed by atoms with E-state index in [9.17, 15) is 10.1 Å². The molecule has 0 fully saturated rings. The second-order valence-electron chi connectivity index (χ2n) is 5.77. The van der Waals surface area contributed by atoms with Gasteiger partial charge in [0, 0.05) is 21.1 Å². The van der Waals surface area contributed by atoms with E-state index in [2.05, 4.69) is 21.2 Å². The molecule has 0 radical (unpaired) electrons. The van der Waals surface area contributed by atoms with Gasteiger partial charge in [0.2, 0.25) is 0 Å². The first-order valence-electron chi connectivity index (χ1n) is 8.45. The van der Waals surface area contributed by atoms with Gasteiger partial charge in [0.05, 0.1) is 6.61 Å². The van der Waals surface area contributed by atoms with Crippen molar-refractivity contribution in [3.8, 4) is 11.8 Å². The average molecular weight is 421 g/mol. The summed E-state index contributed by atoms with van der Waals surface area (Å²) in [4.78, 5) is 12.7. The lowest BCUT2D eigenvalue weighted by Gasteiger charge is -2.10. The number of carbonyl (C=O) groups is 1. The largest absolute Gasteiger partial charge is 0.493 e. The van der Waals surface area contributed by atoms with Crippen LogP contribution in [0.5, 0.6) is 5.75 Å². The van der Waals surface area contributed by atoms with Gasteiger partial charge >= 0.3 is 0 Å². The molecule has 27 heavy (non-hydrogen) atoms. The second kappa shape index (κ2) is 8.52. The van der Waals surface area contributed by atoms with Crippen molar-refractivity contribution >= 4 is 44.4 Å². The SMILES string of the molecule is CCOc1ccc(Br)cc1/C=C(\C#N)C(=O)Nc1cccc2ccccc12. The Morgan fingerprint density at radius 2 is 1.96 bits per heavy atom. The number of fused-ring (bicyclic) bond motifs is 1. The molecule has 1 amide bonds. The Labute approximate surface area is 166 Å². The minimum Gasteiger partial charge on any atom is -0.493 e. The van der Waals surface area contributed by atoms with Crippen molar-refractivity contribution in [2.75, 3.05) is 11.9 Å². The number of benzene rings is 3. The number of amides is 1. The fraction of sp³-hybridized carbons (Fsp3) is 0.0909. The highest BCUT2D eigenvalue weighted by Gasteiger charge is 2.13. The predicted octanol–water partition coefficient (Wildman–Crippen LogP) is 5.55. The molecular weight excluding hydrogens is 404 g/mol. The monoisotopic (exact) mass is 420 g/mol. The normalized spacial score (nSPS) is 11.1. The van der Waals surface area contributed by atoms with E-state index in [1.807, 2.05) is 67.6 Å². The fourth-order valence-corrected chi connectivity index (χ4v) is 3.13. The van der Waals surface area contributed by atoms with Crippen LogP contribution >= 0.6 is 15.9 Å². The Balaban J connectivity index is 1.94. The molecule has 4 nitrogen and oxygen atoms in total. The summed E-state index contributed by atoms with van der Waals surface area (Å²) < 4.78 is 6.42.